The van der Waals surface area contributed by atoms with Crippen LogP contribution in [0.2, 0.25) is 0 Å². The lowest BCUT2D eigenvalue weighted by Crippen LogP contribution is -2.38. The molecular formula is C21H16O4S2. The van der Waals surface area contributed by atoms with Crippen LogP contribution >= 0.6 is 22.7 Å². The topological polar surface area (TPSA) is 52.6 Å². The number of thiophene rings is 2. The molecule has 4 atom stereocenters. The fourth-order valence-corrected chi connectivity index (χ4v) is 5.46. The Kier molecular flexibility index (Phi) is 4.10. The zero-order chi connectivity index (χ0) is 18.4. The molecule has 5 rings (SSSR count). The normalized spacial score (nSPS) is 25.2. The molecule has 3 aromatic rings. The first kappa shape index (κ1) is 16.7. The van der Waals surface area contributed by atoms with Gasteiger partial charge in [-0.3, -0.25) is 0 Å². The molecule has 0 amide bonds. The minimum atomic E-state index is -0.455. The second-order valence-corrected chi connectivity index (χ2v) is 8.67. The number of carbonyl (C=O) groups excluding carboxylic acids is 2. The number of ether oxygens (including phenoxy) is 2. The van der Waals surface area contributed by atoms with E-state index in [0.29, 0.717) is 9.75 Å². The van der Waals surface area contributed by atoms with Crippen molar-refractivity contribution >= 4 is 34.6 Å². The summed E-state index contributed by atoms with van der Waals surface area (Å²) in [5, 5.41) is 3.70. The Balaban J connectivity index is 1.45. The van der Waals surface area contributed by atoms with E-state index in [-0.39, 0.29) is 23.8 Å². The highest BCUT2D eigenvalue weighted by Crippen LogP contribution is 2.55. The summed E-state index contributed by atoms with van der Waals surface area (Å²) in [6.07, 6.45) is -0.0729. The zero-order valence-corrected chi connectivity index (χ0v) is 15.9. The quantitative estimate of drug-likeness (QED) is 0.592. The summed E-state index contributed by atoms with van der Waals surface area (Å²) in [7, 11) is 0. The van der Waals surface area contributed by atoms with E-state index in [9.17, 15) is 9.59 Å². The highest BCUT2D eigenvalue weighted by molar-refractivity contribution is 7.12. The summed E-state index contributed by atoms with van der Waals surface area (Å²) in [5.74, 6) is -0.568. The molecule has 0 N–H and O–H groups in total. The van der Waals surface area contributed by atoms with Gasteiger partial charge in [-0.05, 0) is 40.4 Å². The summed E-state index contributed by atoms with van der Waals surface area (Å²) in [5.41, 5.74) is 2.41. The average Bonchev–Trinajstić information content (AvgIpc) is 3.46. The monoisotopic (exact) mass is 396 g/mol. The fraction of sp³-hybridized carbons (Fsp3) is 0.238. The molecule has 0 aliphatic heterocycles. The Morgan fingerprint density at radius 2 is 1.22 bits per heavy atom. The zero-order valence-electron chi connectivity index (χ0n) is 14.2. The Bertz CT molecular complexity index is 898. The molecule has 136 valence electrons. The number of benzene rings is 1. The van der Waals surface area contributed by atoms with Gasteiger partial charge in [0.1, 0.15) is 22.0 Å². The first-order valence-corrected chi connectivity index (χ1v) is 10.6. The minimum Gasteiger partial charge on any atom is -0.454 e. The van der Waals surface area contributed by atoms with Gasteiger partial charge in [-0.15, -0.1) is 22.7 Å². The highest BCUT2D eigenvalue weighted by Gasteiger charge is 2.55. The molecule has 1 aromatic carbocycles. The highest BCUT2D eigenvalue weighted by atomic mass is 32.1. The van der Waals surface area contributed by atoms with Crippen molar-refractivity contribution in [3.63, 3.8) is 0 Å². The van der Waals surface area contributed by atoms with Gasteiger partial charge in [0.05, 0.1) is 0 Å². The van der Waals surface area contributed by atoms with Gasteiger partial charge in [0.15, 0.2) is 0 Å². The van der Waals surface area contributed by atoms with E-state index in [0.717, 1.165) is 6.42 Å². The smallest absolute Gasteiger partial charge is 0.348 e. The summed E-state index contributed by atoms with van der Waals surface area (Å²) in [6, 6.07) is 15.3. The summed E-state index contributed by atoms with van der Waals surface area (Å²) in [6.45, 7) is 0. The van der Waals surface area contributed by atoms with Crippen LogP contribution in [0.1, 0.15) is 48.7 Å². The maximum atomic E-state index is 12.6. The number of carbonyl (C=O) groups is 2. The van der Waals surface area contributed by atoms with Crippen LogP contribution in [0, 0.1) is 0 Å². The van der Waals surface area contributed by atoms with Gasteiger partial charge in [0.25, 0.3) is 0 Å². The van der Waals surface area contributed by atoms with Crippen molar-refractivity contribution in [1.29, 1.82) is 0 Å². The molecule has 4 unspecified atom stereocenters. The third-order valence-corrected chi connectivity index (χ3v) is 7.05. The molecule has 2 aliphatic rings. The number of rotatable bonds is 4. The maximum Gasteiger partial charge on any atom is 0.348 e. The van der Waals surface area contributed by atoms with Crippen molar-refractivity contribution in [3.05, 3.63) is 80.2 Å². The van der Waals surface area contributed by atoms with E-state index < -0.39 is 12.2 Å². The summed E-state index contributed by atoms with van der Waals surface area (Å²) in [4.78, 5) is 26.2. The maximum absolute atomic E-state index is 12.6. The Hall–Kier alpha value is -2.44. The first-order valence-electron chi connectivity index (χ1n) is 8.80. The lowest BCUT2D eigenvalue weighted by Gasteiger charge is -2.31. The van der Waals surface area contributed by atoms with Crippen LogP contribution in [0.15, 0.2) is 59.3 Å². The van der Waals surface area contributed by atoms with Gasteiger partial charge in [-0.2, -0.15) is 0 Å². The van der Waals surface area contributed by atoms with E-state index >= 15 is 0 Å². The van der Waals surface area contributed by atoms with Crippen molar-refractivity contribution in [2.45, 2.75) is 30.5 Å². The minimum absolute atomic E-state index is 0.0660. The van der Waals surface area contributed by atoms with Crippen molar-refractivity contribution in [2.75, 3.05) is 0 Å². The molecule has 2 heterocycles. The van der Waals surface area contributed by atoms with Crippen molar-refractivity contribution in [3.8, 4) is 0 Å². The Morgan fingerprint density at radius 1 is 0.741 bits per heavy atom. The van der Waals surface area contributed by atoms with Gasteiger partial charge in [0, 0.05) is 11.8 Å². The van der Waals surface area contributed by atoms with Crippen LogP contribution in [0.5, 0.6) is 0 Å². The molecule has 0 spiro atoms. The van der Waals surface area contributed by atoms with Crippen molar-refractivity contribution in [1.82, 2.24) is 0 Å². The largest absolute Gasteiger partial charge is 0.454 e. The third-order valence-electron chi connectivity index (χ3n) is 5.35. The van der Waals surface area contributed by atoms with Crippen molar-refractivity contribution in [2.24, 2.45) is 0 Å². The number of esters is 2. The van der Waals surface area contributed by atoms with Crippen LogP contribution in [-0.2, 0) is 9.47 Å². The molecule has 2 aromatic heterocycles. The van der Waals surface area contributed by atoms with Gasteiger partial charge in [-0.1, -0.05) is 36.4 Å². The van der Waals surface area contributed by atoms with Gasteiger partial charge >= 0.3 is 11.9 Å². The molecular weight excluding hydrogens is 380 g/mol. The second kappa shape index (κ2) is 6.62. The summed E-state index contributed by atoms with van der Waals surface area (Å²) >= 11 is 2.71. The lowest BCUT2D eigenvalue weighted by atomic mass is 9.87. The molecule has 2 aliphatic carbocycles. The van der Waals surface area contributed by atoms with Gasteiger partial charge in [0.2, 0.25) is 0 Å². The van der Waals surface area contributed by atoms with Crippen LogP contribution in [0.3, 0.4) is 0 Å². The van der Waals surface area contributed by atoms with Crippen molar-refractivity contribution < 1.29 is 19.1 Å². The molecule has 0 saturated heterocycles. The molecule has 1 saturated carbocycles. The van der Waals surface area contributed by atoms with Gasteiger partial charge < -0.3 is 9.47 Å². The molecule has 0 radical (unpaired) electrons. The molecule has 6 heteroatoms. The Labute approximate surface area is 164 Å². The van der Waals surface area contributed by atoms with Crippen LogP contribution < -0.4 is 0 Å². The van der Waals surface area contributed by atoms with E-state index in [1.165, 1.54) is 33.8 Å². The third kappa shape index (κ3) is 2.80. The number of hydrogen-bond acceptors (Lipinski definition) is 6. The van der Waals surface area contributed by atoms with Crippen LogP contribution in [0.25, 0.3) is 0 Å². The molecule has 1 fully saturated rings. The molecule has 2 bridgehead atoms. The SMILES string of the molecule is O=C(OC1C2CC(c3ccccc32)C1OC(=O)c1cccs1)c1cccs1. The molecule has 27 heavy (non-hydrogen) atoms. The number of hydrogen-bond donors (Lipinski definition) is 0. The predicted octanol–water partition coefficient (Wildman–Crippen LogP) is 4.85. The van der Waals surface area contributed by atoms with Crippen LogP contribution in [0.4, 0.5) is 0 Å². The van der Waals surface area contributed by atoms with E-state index in [1.807, 2.05) is 35.0 Å². The summed E-state index contributed by atoms with van der Waals surface area (Å²) < 4.78 is 11.8. The van der Waals surface area contributed by atoms with E-state index in [4.69, 9.17) is 9.47 Å². The fourth-order valence-electron chi connectivity index (χ4n) is 4.25. The van der Waals surface area contributed by atoms with E-state index in [1.54, 1.807) is 12.1 Å². The number of fused-ring (bicyclic) bond motifs is 5. The van der Waals surface area contributed by atoms with Gasteiger partial charge in [-0.25, -0.2) is 9.59 Å². The standard InChI is InChI=1S/C21H16O4S2/c22-20(16-7-3-9-26-16)24-18-14-11-15(13-6-2-1-5-12(13)14)19(18)25-21(23)17-8-4-10-27-17/h1-10,14-15,18-19H,11H2. The van der Waals surface area contributed by atoms with E-state index in [2.05, 4.69) is 12.1 Å². The first-order chi connectivity index (χ1) is 13.2. The molecule has 4 nitrogen and oxygen atoms in total. The average molecular weight is 396 g/mol. The predicted molar refractivity (Wildman–Crippen MR) is 104 cm³/mol. The second-order valence-electron chi connectivity index (χ2n) is 6.77. The Morgan fingerprint density at radius 3 is 1.63 bits per heavy atom. The lowest BCUT2D eigenvalue weighted by molar-refractivity contribution is -0.0343. The van der Waals surface area contributed by atoms with Crippen LogP contribution in [-0.4, -0.2) is 24.1 Å².